The smallest absolute Gasteiger partial charge is 0.267 e. The summed E-state index contributed by atoms with van der Waals surface area (Å²) < 4.78 is 81.1. The van der Waals surface area contributed by atoms with Crippen molar-refractivity contribution in [3.8, 4) is 5.75 Å². The monoisotopic (exact) mass is 638 g/mol. The van der Waals surface area contributed by atoms with Crippen molar-refractivity contribution in [2.24, 2.45) is 5.92 Å². The van der Waals surface area contributed by atoms with Crippen molar-refractivity contribution in [1.82, 2.24) is 14.4 Å². The summed E-state index contributed by atoms with van der Waals surface area (Å²) >= 11 is 0. The maximum absolute atomic E-state index is 13.5. The third kappa shape index (κ3) is 7.00. The lowest BCUT2D eigenvalue weighted by atomic mass is 10.0. The van der Waals surface area contributed by atoms with Crippen LogP contribution in [0.3, 0.4) is 0 Å². The van der Waals surface area contributed by atoms with E-state index in [0.29, 0.717) is 5.56 Å². The lowest BCUT2D eigenvalue weighted by molar-refractivity contribution is -0.134. The molecule has 2 N–H and O–H groups in total. The maximum Gasteiger partial charge on any atom is 0.267 e. The van der Waals surface area contributed by atoms with Crippen LogP contribution in [0.25, 0.3) is 0 Å². The van der Waals surface area contributed by atoms with Crippen molar-refractivity contribution in [3.63, 3.8) is 0 Å². The highest BCUT2D eigenvalue weighted by Crippen LogP contribution is 2.31. The van der Waals surface area contributed by atoms with Crippen LogP contribution >= 0.6 is 0 Å². The van der Waals surface area contributed by atoms with E-state index in [9.17, 15) is 31.1 Å². The number of carbonyl (C=O) groups is 1. The van der Waals surface area contributed by atoms with Crippen molar-refractivity contribution >= 4 is 31.6 Å². The van der Waals surface area contributed by atoms with Gasteiger partial charge in [-0.2, -0.15) is 4.31 Å². The number of halogens is 1. The molecule has 0 radical (unpaired) electrons. The predicted molar refractivity (Wildman–Crippen MR) is 155 cm³/mol. The summed E-state index contributed by atoms with van der Waals surface area (Å²) in [5, 5.41) is 13.6. The molecule has 234 valence electrons. The van der Waals surface area contributed by atoms with Crippen molar-refractivity contribution < 1.29 is 40.4 Å². The van der Waals surface area contributed by atoms with E-state index in [0.717, 1.165) is 16.4 Å². The molecule has 2 heterocycles. The minimum atomic E-state index is -4.08. The Morgan fingerprint density at radius 3 is 2.44 bits per heavy atom. The molecule has 4 rings (SSSR count). The molecule has 0 saturated heterocycles. The number of amides is 1. The number of anilines is 1. The Morgan fingerprint density at radius 1 is 1.16 bits per heavy atom. The van der Waals surface area contributed by atoms with Gasteiger partial charge in [-0.1, -0.05) is 12.1 Å². The number of aliphatic hydroxyl groups excluding tert-OH is 1. The number of carbonyl (C=O) groups excluding carboxylic acids is 1. The Kier molecular flexibility index (Phi) is 9.49. The topological polar surface area (TPSA) is 159 Å². The van der Waals surface area contributed by atoms with E-state index in [-0.39, 0.29) is 64.7 Å². The molecule has 2 aromatic carbocycles. The number of hydrogen-bond donors (Lipinski definition) is 2. The van der Waals surface area contributed by atoms with Gasteiger partial charge in [0.05, 0.1) is 30.5 Å². The maximum atomic E-state index is 13.5. The molecule has 12 nitrogen and oxygen atoms in total. The standard InChI is InChI=1S/C28H35FN4O8S2/c1-17-14-33(18(2)16-34)27(35)13-21-12-23(31-42(36,37)28-19(3)30-41-20(28)4)8-11-25(21)40-26(17)15-32(5)43(38,39)24-9-6-22(29)7-10-24/h6-12,17-18,26,31,34H,13-16H2,1-5H3/t17-,18-,26-/m0/s1. The first-order chi connectivity index (χ1) is 20.1. The molecule has 0 bridgehead atoms. The number of rotatable bonds is 9. The Hall–Kier alpha value is -3.53. The zero-order chi connectivity index (χ0) is 31.7. The molecule has 15 heteroatoms. The zero-order valence-electron chi connectivity index (χ0n) is 24.4. The fourth-order valence-corrected chi connectivity index (χ4v) is 7.48. The second-order valence-corrected chi connectivity index (χ2v) is 14.4. The molecule has 0 aliphatic carbocycles. The number of hydrogen-bond acceptors (Lipinski definition) is 9. The van der Waals surface area contributed by atoms with Crippen molar-refractivity contribution in [2.45, 2.75) is 56.1 Å². The van der Waals surface area contributed by atoms with Crippen LogP contribution in [-0.4, -0.2) is 81.1 Å². The number of nitrogens with one attached hydrogen (secondary N) is 1. The Balaban J connectivity index is 1.69. The highest BCUT2D eigenvalue weighted by Gasteiger charge is 2.34. The molecule has 0 saturated carbocycles. The third-order valence-electron chi connectivity index (χ3n) is 7.36. The number of aliphatic hydroxyl groups is 1. The van der Waals surface area contributed by atoms with E-state index in [1.54, 1.807) is 6.92 Å². The Morgan fingerprint density at radius 2 is 1.84 bits per heavy atom. The fraction of sp³-hybridized carbons (Fsp3) is 0.429. The van der Waals surface area contributed by atoms with Gasteiger partial charge in [0, 0.05) is 30.8 Å². The SMILES string of the molecule is Cc1noc(C)c1S(=O)(=O)Nc1ccc2c(c1)CC(=O)N([C@@H](C)CO)C[C@H](C)[C@H](CN(C)S(=O)(=O)c1ccc(F)cc1)O2. The fourth-order valence-electron chi connectivity index (χ4n) is 4.91. The molecule has 0 unspecified atom stereocenters. The van der Waals surface area contributed by atoms with Gasteiger partial charge in [-0.15, -0.1) is 0 Å². The van der Waals surface area contributed by atoms with E-state index < -0.39 is 43.9 Å². The zero-order valence-corrected chi connectivity index (χ0v) is 26.1. The van der Waals surface area contributed by atoms with Crippen LogP contribution in [0, 0.1) is 25.6 Å². The largest absolute Gasteiger partial charge is 0.488 e. The van der Waals surface area contributed by atoms with Gasteiger partial charge in [0.1, 0.15) is 23.4 Å². The number of fused-ring (bicyclic) bond motifs is 1. The molecule has 0 fully saturated rings. The third-order valence-corrected chi connectivity index (χ3v) is 10.8. The lowest BCUT2D eigenvalue weighted by Gasteiger charge is -2.33. The number of nitrogens with zero attached hydrogens (tertiary/aromatic N) is 3. The molecule has 1 amide bonds. The van der Waals surface area contributed by atoms with Gasteiger partial charge >= 0.3 is 0 Å². The minimum Gasteiger partial charge on any atom is -0.488 e. The van der Waals surface area contributed by atoms with E-state index >= 15 is 0 Å². The van der Waals surface area contributed by atoms with Gasteiger partial charge in [0.15, 0.2) is 10.7 Å². The summed E-state index contributed by atoms with van der Waals surface area (Å²) in [6.07, 6.45) is -0.924. The van der Waals surface area contributed by atoms with Crippen LogP contribution < -0.4 is 9.46 Å². The number of aryl methyl sites for hydroxylation is 2. The summed E-state index contributed by atoms with van der Waals surface area (Å²) in [7, 11) is -6.70. The second kappa shape index (κ2) is 12.6. The van der Waals surface area contributed by atoms with Gasteiger partial charge in [-0.25, -0.2) is 21.2 Å². The molecule has 3 atom stereocenters. The number of ether oxygens (including phenoxy) is 1. The van der Waals surface area contributed by atoms with E-state index in [1.165, 1.54) is 56.1 Å². The average Bonchev–Trinajstić information content (AvgIpc) is 3.31. The van der Waals surface area contributed by atoms with Crippen LogP contribution in [0.4, 0.5) is 10.1 Å². The van der Waals surface area contributed by atoms with Crippen LogP contribution in [0.2, 0.25) is 0 Å². The van der Waals surface area contributed by atoms with Gasteiger partial charge in [0.2, 0.25) is 15.9 Å². The van der Waals surface area contributed by atoms with Crippen LogP contribution in [0.5, 0.6) is 5.75 Å². The van der Waals surface area contributed by atoms with E-state index in [4.69, 9.17) is 9.26 Å². The summed E-state index contributed by atoms with van der Waals surface area (Å²) in [6.45, 7) is 6.24. The Bertz CT molecular complexity index is 1670. The molecule has 1 aromatic heterocycles. The van der Waals surface area contributed by atoms with Crippen LogP contribution in [0.1, 0.15) is 30.9 Å². The molecule has 3 aromatic rings. The quantitative estimate of drug-likeness (QED) is 0.359. The minimum absolute atomic E-state index is 0.0894. The highest BCUT2D eigenvalue weighted by molar-refractivity contribution is 7.92. The summed E-state index contributed by atoms with van der Waals surface area (Å²) in [4.78, 5) is 14.8. The number of likely N-dealkylation sites (N-methyl/N-ethyl adjacent to an activating group) is 1. The molecule has 0 spiro atoms. The normalized spacial score (nSPS) is 18.8. The van der Waals surface area contributed by atoms with Gasteiger partial charge < -0.3 is 19.3 Å². The summed E-state index contributed by atoms with van der Waals surface area (Å²) in [6, 6.07) is 8.42. The Labute approximate surface area is 250 Å². The molecular weight excluding hydrogens is 603 g/mol. The first-order valence-electron chi connectivity index (χ1n) is 13.5. The molecule has 1 aliphatic heterocycles. The van der Waals surface area contributed by atoms with Crippen molar-refractivity contribution in [1.29, 1.82) is 0 Å². The molecular formula is C28H35FN4O8S2. The first kappa shape index (κ1) is 32.4. The molecule has 1 aliphatic rings. The lowest BCUT2D eigenvalue weighted by Crippen LogP contribution is -2.48. The van der Waals surface area contributed by atoms with Crippen LogP contribution in [0.15, 0.2) is 56.8 Å². The highest BCUT2D eigenvalue weighted by atomic mass is 32.2. The van der Waals surface area contributed by atoms with Crippen molar-refractivity contribution in [3.05, 3.63) is 65.3 Å². The van der Waals surface area contributed by atoms with Gasteiger partial charge in [-0.05, 0) is 63.2 Å². The number of benzene rings is 2. The summed E-state index contributed by atoms with van der Waals surface area (Å²) in [5.41, 5.74) is 0.718. The van der Waals surface area contributed by atoms with Gasteiger partial charge in [-0.3, -0.25) is 9.52 Å². The van der Waals surface area contributed by atoms with E-state index in [2.05, 4.69) is 9.88 Å². The molecule has 43 heavy (non-hydrogen) atoms. The summed E-state index contributed by atoms with van der Waals surface area (Å²) in [5.74, 6) is -0.889. The van der Waals surface area contributed by atoms with Gasteiger partial charge in [0.25, 0.3) is 10.0 Å². The number of sulfonamides is 2. The number of aromatic nitrogens is 1. The average molecular weight is 639 g/mol. The first-order valence-corrected chi connectivity index (χ1v) is 16.4. The second-order valence-electron chi connectivity index (χ2n) is 10.7. The predicted octanol–water partition coefficient (Wildman–Crippen LogP) is 2.70. The van der Waals surface area contributed by atoms with Crippen molar-refractivity contribution in [2.75, 3.05) is 31.5 Å². The van der Waals surface area contributed by atoms with Crippen LogP contribution in [-0.2, 0) is 31.3 Å². The van der Waals surface area contributed by atoms with E-state index in [1.807, 2.05) is 6.92 Å².